The van der Waals surface area contributed by atoms with Crippen LogP contribution in [-0.2, 0) is 10.2 Å². The largest absolute Gasteiger partial charge is 0.281 e. The number of amides is 2. The van der Waals surface area contributed by atoms with Crippen molar-refractivity contribution in [2.45, 2.75) is 31.6 Å². The molecule has 1 aromatic carbocycles. The van der Waals surface area contributed by atoms with Gasteiger partial charge in [-0.1, -0.05) is 0 Å². The predicted octanol–water partition coefficient (Wildman–Crippen LogP) is 2.74. The smallest absolute Gasteiger partial charge is 0.260 e. The molecule has 2 amide bonds. The van der Waals surface area contributed by atoms with Crippen LogP contribution in [0.4, 0.5) is 13.2 Å². The van der Waals surface area contributed by atoms with Crippen LogP contribution in [0, 0.1) is 5.82 Å². The number of rotatable bonds is 2. The van der Waals surface area contributed by atoms with Gasteiger partial charge in [0.05, 0.1) is 5.41 Å². The third-order valence-corrected chi connectivity index (χ3v) is 3.55. The number of likely N-dealkylation sites (N-methyl/N-ethyl adjacent to an activating group) is 1. The van der Waals surface area contributed by atoms with Crippen LogP contribution in [0.1, 0.15) is 36.2 Å². The highest BCUT2D eigenvalue weighted by Gasteiger charge is 2.50. The highest BCUT2D eigenvalue weighted by Crippen LogP contribution is 2.41. The van der Waals surface area contributed by atoms with Crippen LogP contribution in [0.2, 0.25) is 0 Å². The van der Waals surface area contributed by atoms with E-state index in [9.17, 15) is 22.8 Å². The number of hydrogen-bond acceptors (Lipinski definition) is 2. The molecule has 0 aliphatic carbocycles. The summed E-state index contributed by atoms with van der Waals surface area (Å²) in [6.45, 7) is 2.01. The van der Waals surface area contributed by atoms with Crippen LogP contribution >= 0.6 is 0 Å². The fourth-order valence-corrected chi connectivity index (χ4v) is 2.71. The molecule has 0 fully saturated rings. The minimum atomic E-state index is -3.12. The van der Waals surface area contributed by atoms with Crippen LogP contribution in [0.3, 0.4) is 0 Å². The molecule has 0 spiro atoms. The predicted molar refractivity (Wildman–Crippen MR) is 66.1 cm³/mol. The molecule has 108 valence electrons. The zero-order valence-corrected chi connectivity index (χ0v) is 11.3. The van der Waals surface area contributed by atoms with Crippen LogP contribution in [0.25, 0.3) is 0 Å². The number of alkyl halides is 2. The van der Waals surface area contributed by atoms with E-state index in [2.05, 4.69) is 0 Å². The lowest BCUT2D eigenvalue weighted by molar-refractivity contribution is -0.137. The van der Waals surface area contributed by atoms with E-state index in [1.807, 2.05) is 0 Å². The van der Waals surface area contributed by atoms with Gasteiger partial charge in [0.25, 0.3) is 5.91 Å². The van der Waals surface area contributed by atoms with Crippen LogP contribution in [-0.4, -0.2) is 29.7 Å². The van der Waals surface area contributed by atoms with Crippen LogP contribution in [0.5, 0.6) is 0 Å². The molecule has 0 bridgehead atoms. The number of halogens is 3. The van der Waals surface area contributed by atoms with Crippen molar-refractivity contribution in [3.63, 3.8) is 0 Å². The number of fused-ring (bicyclic) bond motifs is 1. The number of nitrogens with zero attached hydrogens (tertiary/aromatic N) is 1. The van der Waals surface area contributed by atoms with Crippen molar-refractivity contribution in [2.24, 2.45) is 0 Å². The highest BCUT2D eigenvalue weighted by molar-refractivity contribution is 6.12. The molecule has 0 saturated carbocycles. The third-order valence-electron chi connectivity index (χ3n) is 3.55. The van der Waals surface area contributed by atoms with Gasteiger partial charge in [0.15, 0.2) is 0 Å². The van der Waals surface area contributed by atoms with E-state index >= 15 is 0 Å². The lowest BCUT2D eigenvalue weighted by Crippen LogP contribution is -2.53. The first-order valence-corrected chi connectivity index (χ1v) is 6.06. The second-order valence-electron chi connectivity index (χ2n) is 5.44. The molecule has 20 heavy (non-hydrogen) atoms. The number of carbonyl (C=O) groups is 2. The first kappa shape index (κ1) is 14.6. The summed E-state index contributed by atoms with van der Waals surface area (Å²) in [5.74, 6) is -5.14. The Morgan fingerprint density at radius 1 is 1.30 bits per heavy atom. The molecule has 6 heteroatoms. The Hall–Kier alpha value is -1.85. The SMILES string of the molecule is CN1C(=O)c2ccc(F)cc2C(C)(CC(C)(F)F)C1=O. The highest BCUT2D eigenvalue weighted by atomic mass is 19.3. The van der Waals surface area contributed by atoms with Crippen molar-refractivity contribution < 1.29 is 22.8 Å². The van der Waals surface area contributed by atoms with Gasteiger partial charge in [-0.25, -0.2) is 13.2 Å². The normalized spacial score (nSPS) is 23.0. The Morgan fingerprint density at radius 2 is 1.90 bits per heavy atom. The van der Waals surface area contributed by atoms with Crippen molar-refractivity contribution in [3.05, 3.63) is 35.1 Å². The van der Waals surface area contributed by atoms with Gasteiger partial charge >= 0.3 is 0 Å². The first-order valence-electron chi connectivity index (χ1n) is 6.06. The lowest BCUT2D eigenvalue weighted by atomic mass is 9.72. The van der Waals surface area contributed by atoms with Gasteiger partial charge in [-0.05, 0) is 37.6 Å². The Morgan fingerprint density at radius 3 is 2.45 bits per heavy atom. The second-order valence-corrected chi connectivity index (χ2v) is 5.44. The van der Waals surface area contributed by atoms with Gasteiger partial charge in [0.1, 0.15) is 5.82 Å². The van der Waals surface area contributed by atoms with Gasteiger partial charge in [0, 0.05) is 19.0 Å². The Bertz CT molecular complexity index is 595. The van der Waals surface area contributed by atoms with E-state index in [4.69, 9.17) is 0 Å². The van der Waals surface area contributed by atoms with Crippen molar-refractivity contribution >= 4 is 11.8 Å². The standard InChI is InChI=1S/C14H14F3NO2/c1-13(7-14(2,16)17)10-6-8(15)4-5-9(10)11(19)18(3)12(13)20/h4-6H,7H2,1-3H3. The summed E-state index contributed by atoms with van der Waals surface area (Å²) in [7, 11) is 1.24. The maximum atomic E-state index is 13.4. The Labute approximate surface area is 114 Å². The van der Waals surface area contributed by atoms with Gasteiger partial charge in [-0.15, -0.1) is 0 Å². The van der Waals surface area contributed by atoms with E-state index in [1.165, 1.54) is 20.0 Å². The second kappa shape index (κ2) is 4.33. The summed E-state index contributed by atoms with van der Waals surface area (Å²) in [4.78, 5) is 25.1. The van der Waals surface area contributed by atoms with E-state index in [-0.39, 0.29) is 11.1 Å². The van der Waals surface area contributed by atoms with Crippen molar-refractivity contribution in [1.29, 1.82) is 0 Å². The number of hydrogen-bond donors (Lipinski definition) is 0. The van der Waals surface area contributed by atoms with Crippen molar-refractivity contribution in [2.75, 3.05) is 7.05 Å². The molecule has 2 rings (SSSR count). The minimum absolute atomic E-state index is 0.0205. The molecule has 0 aromatic heterocycles. The molecule has 1 heterocycles. The molecule has 3 nitrogen and oxygen atoms in total. The number of imide groups is 1. The fraction of sp³-hybridized carbons (Fsp3) is 0.429. The minimum Gasteiger partial charge on any atom is -0.281 e. The van der Waals surface area contributed by atoms with Crippen molar-refractivity contribution in [3.8, 4) is 0 Å². The molecule has 0 saturated heterocycles. The zero-order valence-electron chi connectivity index (χ0n) is 11.3. The number of carbonyl (C=O) groups excluding carboxylic acids is 2. The maximum absolute atomic E-state index is 13.4. The summed E-state index contributed by atoms with van der Waals surface area (Å²) in [6.07, 6.45) is -0.785. The monoisotopic (exact) mass is 285 g/mol. The first-order chi connectivity index (χ1) is 9.06. The molecule has 1 aromatic rings. The fourth-order valence-electron chi connectivity index (χ4n) is 2.71. The van der Waals surface area contributed by atoms with Gasteiger partial charge < -0.3 is 0 Å². The molecular weight excluding hydrogens is 271 g/mol. The zero-order chi connectivity index (χ0) is 15.3. The molecular formula is C14H14F3NO2. The molecule has 1 unspecified atom stereocenters. The molecule has 1 aliphatic heterocycles. The summed E-state index contributed by atoms with van der Waals surface area (Å²) >= 11 is 0. The Balaban J connectivity index is 2.68. The third kappa shape index (κ3) is 2.19. The summed E-state index contributed by atoms with van der Waals surface area (Å²) in [5, 5.41) is 0. The molecule has 0 radical (unpaired) electrons. The van der Waals surface area contributed by atoms with Gasteiger partial charge in [-0.2, -0.15) is 0 Å². The average Bonchev–Trinajstić information content (AvgIpc) is 2.32. The number of benzene rings is 1. The maximum Gasteiger partial charge on any atom is 0.260 e. The van der Waals surface area contributed by atoms with Gasteiger partial charge in [0.2, 0.25) is 11.8 Å². The van der Waals surface area contributed by atoms with Crippen LogP contribution < -0.4 is 0 Å². The lowest BCUT2D eigenvalue weighted by Gasteiger charge is -2.39. The Kier molecular flexibility index (Phi) is 3.15. The summed E-state index contributed by atoms with van der Waals surface area (Å²) in [6, 6.07) is 3.29. The van der Waals surface area contributed by atoms with E-state index in [0.717, 1.165) is 17.0 Å². The molecule has 0 N–H and O–H groups in total. The van der Waals surface area contributed by atoms with Gasteiger partial charge in [-0.3, -0.25) is 14.5 Å². The van der Waals surface area contributed by atoms with E-state index in [0.29, 0.717) is 6.92 Å². The van der Waals surface area contributed by atoms with E-state index in [1.54, 1.807) is 0 Å². The van der Waals surface area contributed by atoms with Crippen molar-refractivity contribution in [1.82, 2.24) is 4.90 Å². The van der Waals surface area contributed by atoms with Crippen LogP contribution in [0.15, 0.2) is 18.2 Å². The molecule has 1 atom stereocenters. The quantitative estimate of drug-likeness (QED) is 0.784. The summed E-state index contributed by atoms with van der Waals surface area (Å²) in [5.41, 5.74) is -1.52. The average molecular weight is 285 g/mol. The topological polar surface area (TPSA) is 37.4 Å². The van der Waals surface area contributed by atoms with E-state index < -0.39 is 35.4 Å². The summed E-state index contributed by atoms with van der Waals surface area (Å²) < 4.78 is 40.2. The molecule has 1 aliphatic rings.